The average Bonchev–Trinajstić information content (AvgIpc) is 2.84. The molecule has 0 radical (unpaired) electrons. The number of rotatable bonds is 4. The Kier molecular flexibility index (Phi) is 3.80. The van der Waals surface area contributed by atoms with Crippen LogP contribution in [0.5, 0.6) is 5.75 Å². The van der Waals surface area contributed by atoms with Gasteiger partial charge in [-0.2, -0.15) is 0 Å². The molecule has 2 N–H and O–H groups in total. The fourth-order valence-electron chi connectivity index (χ4n) is 2.90. The largest absolute Gasteiger partial charge is 0.487 e. The SMILES string of the molecule is Cc1ccccc1OCc1cc2cc(N)ccc2n1C(C)C. The average molecular weight is 294 g/mol. The summed E-state index contributed by atoms with van der Waals surface area (Å²) in [7, 11) is 0. The lowest BCUT2D eigenvalue weighted by Gasteiger charge is -2.16. The van der Waals surface area contributed by atoms with Gasteiger partial charge in [-0.3, -0.25) is 0 Å². The van der Waals surface area contributed by atoms with Crippen molar-refractivity contribution in [3.05, 3.63) is 59.8 Å². The maximum absolute atomic E-state index is 6.02. The molecule has 0 aliphatic rings. The van der Waals surface area contributed by atoms with Gasteiger partial charge in [0.2, 0.25) is 0 Å². The number of hydrogen-bond donors (Lipinski definition) is 1. The van der Waals surface area contributed by atoms with Crippen LogP contribution in [-0.2, 0) is 6.61 Å². The Hall–Kier alpha value is -2.42. The predicted octanol–water partition coefficient (Wildman–Crippen LogP) is 4.69. The second-order valence-electron chi connectivity index (χ2n) is 5.97. The second kappa shape index (κ2) is 5.76. The van der Waals surface area contributed by atoms with Gasteiger partial charge in [0.1, 0.15) is 12.4 Å². The zero-order valence-corrected chi connectivity index (χ0v) is 13.3. The summed E-state index contributed by atoms with van der Waals surface area (Å²) < 4.78 is 8.33. The molecule has 0 bridgehead atoms. The summed E-state index contributed by atoms with van der Waals surface area (Å²) >= 11 is 0. The molecular formula is C19H22N2O. The molecule has 0 spiro atoms. The minimum Gasteiger partial charge on any atom is -0.487 e. The van der Waals surface area contributed by atoms with Crippen LogP contribution in [0.15, 0.2) is 48.5 Å². The minimum atomic E-state index is 0.372. The van der Waals surface area contributed by atoms with Crippen molar-refractivity contribution < 1.29 is 4.74 Å². The number of aromatic nitrogens is 1. The summed E-state index contributed by atoms with van der Waals surface area (Å²) in [6.07, 6.45) is 0. The van der Waals surface area contributed by atoms with E-state index in [1.54, 1.807) is 0 Å². The highest BCUT2D eigenvalue weighted by atomic mass is 16.5. The molecule has 0 aliphatic carbocycles. The van der Waals surface area contributed by atoms with E-state index in [2.05, 4.69) is 43.5 Å². The van der Waals surface area contributed by atoms with Gasteiger partial charge < -0.3 is 15.0 Å². The van der Waals surface area contributed by atoms with Gasteiger partial charge in [0, 0.05) is 22.6 Å². The topological polar surface area (TPSA) is 40.2 Å². The summed E-state index contributed by atoms with van der Waals surface area (Å²) in [6, 6.07) is 16.7. The van der Waals surface area contributed by atoms with Gasteiger partial charge in [-0.1, -0.05) is 18.2 Å². The summed E-state index contributed by atoms with van der Waals surface area (Å²) in [5.74, 6) is 0.933. The van der Waals surface area contributed by atoms with Gasteiger partial charge in [-0.15, -0.1) is 0 Å². The first-order valence-electron chi connectivity index (χ1n) is 7.64. The number of hydrogen-bond acceptors (Lipinski definition) is 2. The van der Waals surface area contributed by atoms with Gasteiger partial charge in [0.15, 0.2) is 0 Å². The van der Waals surface area contributed by atoms with E-state index in [1.165, 1.54) is 11.2 Å². The van der Waals surface area contributed by atoms with Gasteiger partial charge in [-0.25, -0.2) is 0 Å². The van der Waals surface area contributed by atoms with Crippen molar-refractivity contribution in [2.75, 3.05) is 5.73 Å². The van der Waals surface area contributed by atoms with E-state index in [0.717, 1.165) is 22.4 Å². The summed E-state index contributed by atoms with van der Waals surface area (Å²) in [6.45, 7) is 6.99. The molecule has 3 rings (SSSR count). The Morgan fingerprint density at radius 2 is 1.86 bits per heavy atom. The van der Waals surface area contributed by atoms with Gasteiger partial charge in [0.25, 0.3) is 0 Å². The van der Waals surface area contributed by atoms with Crippen molar-refractivity contribution in [2.45, 2.75) is 33.4 Å². The van der Waals surface area contributed by atoms with Crippen LogP contribution in [0.1, 0.15) is 31.1 Å². The summed E-state index contributed by atoms with van der Waals surface area (Å²) in [5.41, 5.74) is 10.2. The lowest BCUT2D eigenvalue weighted by atomic mass is 10.2. The van der Waals surface area contributed by atoms with Crippen LogP contribution in [0.3, 0.4) is 0 Å². The van der Waals surface area contributed by atoms with Crippen LogP contribution < -0.4 is 10.5 Å². The van der Waals surface area contributed by atoms with Crippen LogP contribution >= 0.6 is 0 Å². The van der Waals surface area contributed by atoms with Crippen LogP contribution in [0.25, 0.3) is 10.9 Å². The van der Waals surface area contributed by atoms with E-state index in [9.17, 15) is 0 Å². The molecule has 1 aromatic heterocycles. The van der Waals surface area contributed by atoms with Crippen molar-refractivity contribution >= 4 is 16.6 Å². The Balaban J connectivity index is 1.96. The van der Waals surface area contributed by atoms with E-state index < -0.39 is 0 Å². The Labute approximate surface area is 131 Å². The quantitative estimate of drug-likeness (QED) is 0.709. The van der Waals surface area contributed by atoms with E-state index in [0.29, 0.717) is 12.6 Å². The zero-order valence-electron chi connectivity index (χ0n) is 13.3. The molecule has 0 saturated heterocycles. The number of aryl methyl sites for hydroxylation is 1. The van der Waals surface area contributed by atoms with E-state index in [4.69, 9.17) is 10.5 Å². The number of fused-ring (bicyclic) bond motifs is 1. The lowest BCUT2D eigenvalue weighted by Crippen LogP contribution is -2.08. The van der Waals surface area contributed by atoms with Gasteiger partial charge >= 0.3 is 0 Å². The third-order valence-electron chi connectivity index (χ3n) is 3.93. The molecule has 0 saturated carbocycles. The number of nitrogens with zero attached hydrogens (tertiary/aromatic N) is 1. The first-order chi connectivity index (χ1) is 10.6. The Morgan fingerprint density at radius 3 is 2.59 bits per heavy atom. The van der Waals surface area contributed by atoms with Gasteiger partial charge in [-0.05, 0) is 56.7 Å². The smallest absolute Gasteiger partial charge is 0.128 e. The number of ether oxygens (including phenoxy) is 1. The van der Waals surface area contributed by atoms with Crippen LogP contribution in [0, 0.1) is 6.92 Å². The number of benzene rings is 2. The molecule has 3 nitrogen and oxygen atoms in total. The van der Waals surface area contributed by atoms with Crippen LogP contribution in [-0.4, -0.2) is 4.57 Å². The van der Waals surface area contributed by atoms with Crippen LogP contribution in [0.2, 0.25) is 0 Å². The number of para-hydroxylation sites is 1. The standard InChI is InChI=1S/C19H22N2O/c1-13(2)21-17(11-15-10-16(20)8-9-18(15)21)12-22-19-7-5-4-6-14(19)3/h4-11,13H,12,20H2,1-3H3. The monoisotopic (exact) mass is 294 g/mol. The molecule has 3 heteroatoms. The third kappa shape index (κ3) is 2.67. The van der Waals surface area contributed by atoms with E-state index in [-0.39, 0.29) is 0 Å². The highest BCUT2D eigenvalue weighted by Crippen LogP contribution is 2.27. The predicted molar refractivity (Wildman–Crippen MR) is 92.2 cm³/mol. The van der Waals surface area contributed by atoms with E-state index >= 15 is 0 Å². The highest BCUT2D eigenvalue weighted by molar-refractivity contribution is 5.84. The third-order valence-corrected chi connectivity index (χ3v) is 3.93. The number of nitrogen functional groups attached to an aromatic ring is 1. The summed E-state index contributed by atoms with van der Waals surface area (Å²) in [4.78, 5) is 0. The van der Waals surface area contributed by atoms with Crippen molar-refractivity contribution in [1.29, 1.82) is 0 Å². The molecule has 0 fully saturated rings. The first-order valence-corrected chi connectivity index (χ1v) is 7.64. The molecule has 0 amide bonds. The fraction of sp³-hybridized carbons (Fsp3) is 0.263. The fourth-order valence-corrected chi connectivity index (χ4v) is 2.90. The Bertz CT molecular complexity index is 802. The second-order valence-corrected chi connectivity index (χ2v) is 5.97. The molecule has 0 unspecified atom stereocenters. The molecule has 0 atom stereocenters. The normalized spacial score (nSPS) is 11.3. The lowest BCUT2D eigenvalue weighted by molar-refractivity contribution is 0.291. The molecule has 22 heavy (non-hydrogen) atoms. The minimum absolute atomic E-state index is 0.372. The molecule has 114 valence electrons. The molecule has 3 aromatic rings. The molecule has 1 heterocycles. The van der Waals surface area contributed by atoms with Crippen molar-refractivity contribution in [3.63, 3.8) is 0 Å². The van der Waals surface area contributed by atoms with Crippen molar-refractivity contribution in [2.24, 2.45) is 0 Å². The van der Waals surface area contributed by atoms with Crippen molar-refractivity contribution in [3.8, 4) is 5.75 Å². The van der Waals surface area contributed by atoms with Crippen LogP contribution in [0.4, 0.5) is 5.69 Å². The maximum Gasteiger partial charge on any atom is 0.128 e. The molecular weight excluding hydrogens is 272 g/mol. The molecule has 0 aliphatic heterocycles. The summed E-state index contributed by atoms with van der Waals surface area (Å²) in [5, 5.41) is 1.16. The maximum atomic E-state index is 6.02. The van der Waals surface area contributed by atoms with E-state index in [1.807, 2.05) is 30.3 Å². The highest BCUT2D eigenvalue weighted by Gasteiger charge is 2.12. The first kappa shape index (κ1) is 14.5. The Morgan fingerprint density at radius 1 is 1.09 bits per heavy atom. The zero-order chi connectivity index (χ0) is 15.7. The number of anilines is 1. The molecule has 2 aromatic carbocycles. The van der Waals surface area contributed by atoms with Gasteiger partial charge in [0.05, 0.1) is 5.69 Å². The van der Waals surface area contributed by atoms with Crippen molar-refractivity contribution in [1.82, 2.24) is 4.57 Å². The number of nitrogens with two attached hydrogens (primary N) is 1.